The molecular weight excluding hydrogens is 492 g/mol. The highest BCUT2D eigenvalue weighted by atomic mass is 32.2. The third-order valence-electron chi connectivity index (χ3n) is 6.49. The summed E-state index contributed by atoms with van der Waals surface area (Å²) in [7, 11) is 0. The zero-order valence-electron chi connectivity index (χ0n) is 23.8. The van der Waals surface area contributed by atoms with Gasteiger partial charge < -0.3 is 15.4 Å². The molecule has 2 aromatic carbocycles. The second-order valence-electron chi connectivity index (χ2n) is 9.76. The van der Waals surface area contributed by atoms with Gasteiger partial charge in [0.15, 0.2) is 0 Å². The summed E-state index contributed by atoms with van der Waals surface area (Å²) in [5.41, 5.74) is 1.76. The van der Waals surface area contributed by atoms with E-state index in [1.54, 1.807) is 30.0 Å². The lowest BCUT2D eigenvalue weighted by Crippen LogP contribution is -2.24. The number of carbonyl (C=O) groups excluding carboxylic acids is 2. The van der Waals surface area contributed by atoms with Crippen LogP contribution in [0.4, 0.5) is 5.69 Å². The zero-order chi connectivity index (χ0) is 27.4. The van der Waals surface area contributed by atoms with Crippen LogP contribution < -0.4 is 15.4 Å². The van der Waals surface area contributed by atoms with E-state index in [1.807, 2.05) is 24.3 Å². The van der Waals surface area contributed by atoms with Crippen molar-refractivity contribution in [1.29, 1.82) is 0 Å². The Morgan fingerprint density at radius 2 is 1.32 bits per heavy atom. The van der Waals surface area contributed by atoms with E-state index in [0.29, 0.717) is 30.0 Å². The minimum atomic E-state index is -0.201. The number of benzene rings is 2. The molecule has 6 heteroatoms. The van der Waals surface area contributed by atoms with E-state index in [-0.39, 0.29) is 11.8 Å². The van der Waals surface area contributed by atoms with Gasteiger partial charge >= 0.3 is 0 Å². The maximum absolute atomic E-state index is 13.0. The summed E-state index contributed by atoms with van der Waals surface area (Å²) in [5, 5.41) is 5.94. The molecule has 0 aliphatic rings. The summed E-state index contributed by atoms with van der Waals surface area (Å²) >= 11 is 1.64. The SMILES string of the molecule is CCCCCCCCCCCCOc1ccc(C(=O)Nc2cc(C(=O)NCCCC)ccc2SCC)cc1. The molecule has 5 nitrogen and oxygen atoms in total. The quantitative estimate of drug-likeness (QED) is 0.130. The van der Waals surface area contributed by atoms with Crippen LogP contribution in [0.1, 0.15) is 119 Å². The van der Waals surface area contributed by atoms with E-state index in [1.165, 1.54) is 57.8 Å². The molecule has 0 aliphatic heterocycles. The van der Waals surface area contributed by atoms with Crippen LogP contribution in [0.3, 0.4) is 0 Å². The predicted molar refractivity (Wildman–Crippen MR) is 162 cm³/mol. The van der Waals surface area contributed by atoms with Crippen LogP contribution in [0.15, 0.2) is 47.4 Å². The fourth-order valence-electron chi connectivity index (χ4n) is 4.21. The summed E-state index contributed by atoms with van der Waals surface area (Å²) < 4.78 is 5.88. The zero-order valence-corrected chi connectivity index (χ0v) is 24.6. The fourth-order valence-corrected chi connectivity index (χ4v) is 4.95. The van der Waals surface area contributed by atoms with Crippen LogP contribution in [-0.2, 0) is 0 Å². The molecule has 210 valence electrons. The molecular formula is C32H48N2O3S. The van der Waals surface area contributed by atoms with Crippen molar-refractivity contribution in [3.8, 4) is 5.75 Å². The molecule has 0 fully saturated rings. The van der Waals surface area contributed by atoms with Crippen molar-refractivity contribution < 1.29 is 14.3 Å². The highest BCUT2D eigenvalue weighted by molar-refractivity contribution is 7.99. The molecule has 2 amide bonds. The minimum Gasteiger partial charge on any atom is -0.494 e. The van der Waals surface area contributed by atoms with Gasteiger partial charge in [-0.05, 0) is 61.1 Å². The van der Waals surface area contributed by atoms with E-state index < -0.39 is 0 Å². The number of amides is 2. The lowest BCUT2D eigenvalue weighted by Gasteiger charge is -2.13. The van der Waals surface area contributed by atoms with Crippen LogP contribution in [0.2, 0.25) is 0 Å². The summed E-state index contributed by atoms with van der Waals surface area (Å²) in [6, 6.07) is 12.8. The number of rotatable bonds is 20. The maximum Gasteiger partial charge on any atom is 0.255 e. The number of thioether (sulfide) groups is 1. The number of unbranched alkanes of at least 4 members (excludes halogenated alkanes) is 10. The molecule has 2 rings (SSSR count). The Kier molecular flexibility index (Phi) is 16.4. The van der Waals surface area contributed by atoms with Gasteiger partial charge in [-0.2, -0.15) is 0 Å². The van der Waals surface area contributed by atoms with Crippen LogP contribution in [0, 0.1) is 0 Å². The van der Waals surface area contributed by atoms with Gasteiger partial charge in [-0.1, -0.05) is 85.0 Å². The minimum absolute atomic E-state index is 0.120. The molecule has 0 spiro atoms. The second kappa shape index (κ2) is 19.6. The van der Waals surface area contributed by atoms with Crippen LogP contribution in [-0.4, -0.2) is 30.7 Å². The van der Waals surface area contributed by atoms with Crippen LogP contribution in [0.25, 0.3) is 0 Å². The predicted octanol–water partition coefficient (Wildman–Crippen LogP) is 8.88. The molecule has 38 heavy (non-hydrogen) atoms. The molecule has 0 bridgehead atoms. The molecule has 2 N–H and O–H groups in total. The standard InChI is InChI=1S/C32H48N2O3S/c1-4-7-9-10-11-12-13-14-15-16-24-37-28-20-17-26(18-21-28)32(36)34-29-25-27(19-22-30(29)38-6-3)31(35)33-23-8-5-2/h17-22,25H,4-16,23-24H2,1-3H3,(H,33,35)(H,34,36). The van der Waals surface area contributed by atoms with Crippen LogP contribution in [0.5, 0.6) is 5.75 Å². The van der Waals surface area contributed by atoms with Gasteiger partial charge in [0, 0.05) is 22.6 Å². The first-order chi connectivity index (χ1) is 18.6. The van der Waals surface area contributed by atoms with Gasteiger partial charge in [-0.25, -0.2) is 0 Å². The summed E-state index contributed by atoms with van der Waals surface area (Å²) in [6.07, 6.45) is 15.0. The average molecular weight is 541 g/mol. The smallest absolute Gasteiger partial charge is 0.255 e. The van der Waals surface area contributed by atoms with Crippen molar-refractivity contribution in [3.05, 3.63) is 53.6 Å². The van der Waals surface area contributed by atoms with Gasteiger partial charge in [0.2, 0.25) is 0 Å². The Morgan fingerprint density at radius 1 is 0.711 bits per heavy atom. The lowest BCUT2D eigenvalue weighted by molar-refractivity contribution is 0.0951. The number of nitrogens with one attached hydrogen (secondary N) is 2. The molecule has 0 unspecified atom stereocenters. The fraction of sp³-hybridized carbons (Fsp3) is 0.562. The summed E-state index contributed by atoms with van der Waals surface area (Å²) in [4.78, 5) is 26.4. The normalized spacial score (nSPS) is 10.8. The highest BCUT2D eigenvalue weighted by Crippen LogP contribution is 2.29. The van der Waals surface area contributed by atoms with Gasteiger partial charge in [-0.3, -0.25) is 9.59 Å². The monoisotopic (exact) mass is 540 g/mol. The Hall–Kier alpha value is -2.47. The van der Waals surface area contributed by atoms with E-state index in [0.717, 1.165) is 35.7 Å². The van der Waals surface area contributed by atoms with Crippen LogP contribution >= 0.6 is 11.8 Å². The number of hydrogen-bond donors (Lipinski definition) is 2. The number of anilines is 1. The third-order valence-corrected chi connectivity index (χ3v) is 7.44. The number of carbonyl (C=O) groups is 2. The molecule has 0 heterocycles. The molecule has 2 aromatic rings. The first-order valence-electron chi connectivity index (χ1n) is 14.7. The Balaban J connectivity index is 1.79. The third kappa shape index (κ3) is 12.4. The molecule has 0 saturated carbocycles. The topological polar surface area (TPSA) is 67.4 Å². The first-order valence-corrected chi connectivity index (χ1v) is 15.7. The average Bonchev–Trinajstić information content (AvgIpc) is 2.93. The lowest BCUT2D eigenvalue weighted by atomic mass is 10.1. The van der Waals surface area contributed by atoms with Crippen molar-refractivity contribution in [1.82, 2.24) is 5.32 Å². The Bertz CT molecular complexity index is 946. The molecule has 0 aliphatic carbocycles. The van der Waals surface area contributed by atoms with Crippen molar-refractivity contribution in [2.45, 2.75) is 103 Å². The van der Waals surface area contributed by atoms with Gasteiger partial charge in [0.05, 0.1) is 12.3 Å². The molecule has 0 aromatic heterocycles. The second-order valence-corrected chi connectivity index (χ2v) is 11.1. The van der Waals surface area contributed by atoms with E-state index in [2.05, 4.69) is 31.4 Å². The van der Waals surface area contributed by atoms with Gasteiger partial charge in [0.25, 0.3) is 11.8 Å². The Morgan fingerprint density at radius 3 is 1.95 bits per heavy atom. The van der Waals surface area contributed by atoms with E-state index >= 15 is 0 Å². The number of ether oxygens (including phenoxy) is 1. The molecule has 0 atom stereocenters. The summed E-state index contributed by atoms with van der Waals surface area (Å²) in [5.74, 6) is 1.33. The Labute approximate surface area is 234 Å². The van der Waals surface area contributed by atoms with Gasteiger partial charge in [0.1, 0.15) is 5.75 Å². The van der Waals surface area contributed by atoms with Crippen molar-refractivity contribution in [2.24, 2.45) is 0 Å². The molecule has 0 radical (unpaired) electrons. The highest BCUT2D eigenvalue weighted by Gasteiger charge is 2.13. The van der Waals surface area contributed by atoms with E-state index in [9.17, 15) is 9.59 Å². The number of hydrogen-bond acceptors (Lipinski definition) is 4. The van der Waals surface area contributed by atoms with Crippen molar-refractivity contribution in [2.75, 3.05) is 24.2 Å². The summed E-state index contributed by atoms with van der Waals surface area (Å²) in [6.45, 7) is 7.77. The first kappa shape index (κ1) is 31.7. The largest absolute Gasteiger partial charge is 0.494 e. The maximum atomic E-state index is 13.0. The van der Waals surface area contributed by atoms with Gasteiger partial charge in [-0.15, -0.1) is 11.8 Å². The molecule has 0 saturated heterocycles. The van der Waals surface area contributed by atoms with Crippen molar-refractivity contribution in [3.63, 3.8) is 0 Å². The van der Waals surface area contributed by atoms with Crippen molar-refractivity contribution >= 4 is 29.3 Å². The van der Waals surface area contributed by atoms with E-state index in [4.69, 9.17) is 4.74 Å².